The van der Waals surface area contributed by atoms with Crippen LogP contribution in [0.3, 0.4) is 0 Å². The van der Waals surface area contributed by atoms with Crippen LogP contribution in [0, 0.1) is 17.7 Å². The molecule has 0 aromatic carbocycles. The van der Waals surface area contributed by atoms with Crippen molar-refractivity contribution < 1.29 is 9.50 Å². The van der Waals surface area contributed by atoms with E-state index in [1.54, 1.807) is 6.07 Å². The fraction of sp³-hybridized carbons (Fsp3) is 0.643. The van der Waals surface area contributed by atoms with Crippen LogP contribution >= 0.6 is 0 Å². The molecule has 0 atom stereocenters. The number of pyridine rings is 1. The number of nitrogens with zero attached hydrogens (tertiary/aromatic N) is 1. The van der Waals surface area contributed by atoms with E-state index < -0.39 is 11.4 Å². The van der Waals surface area contributed by atoms with E-state index in [0.717, 1.165) is 0 Å². The van der Waals surface area contributed by atoms with Gasteiger partial charge in [0.15, 0.2) is 0 Å². The molecule has 0 fully saturated rings. The van der Waals surface area contributed by atoms with Gasteiger partial charge in [-0.2, -0.15) is 0 Å². The molecule has 2 nitrogen and oxygen atoms in total. The second-order valence-electron chi connectivity index (χ2n) is 5.58. The zero-order valence-electron chi connectivity index (χ0n) is 11.1. The minimum absolute atomic E-state index is 0.311. The average molecular weight is 239 g/mol. The summed E-state index contributed by atoms with van der Waals surface area (Å²) in [5, 5.41) is 10.7. The minimum Gasteiger partial charge on any atom is -0.385 e. The molecule has 0 aliphatic heterocycles. The van der Waals surface area contributed by atoms with E-state index in [1.807, 2.05) is 27.7 Å². The first-order valence-electron chi connectivity index (χ1n) is 6.17. The van der Waals surface area contributed by atoms with Gasteiger partial charge in [0, 0.05) is 11.8 Å². The van der Waals surface area contributed by atoms with Crippen molar-refractivity contribution in [3.8, 4) is 0 Å². The van der Waals surface area contributed by atoms with E-state index in [0.29, 0.717) is 30.2 Å². The van der Waals surface area contributed by atoms with E-state index in [9.17, 15) is 9.50 Å². The fourth-order valence-electron chi connectivity index (χ4n) is 2.41. The molecule has 0 bridgehead atoms. The molecular formula is C14H22FNO. The predicted octanol–water partition coefficient (Wildman–Crippen LogP) is 3.50. The van der Waals surface area contributed by atoms with Crippen molar-refractivity contribution >= 4 is 0 Å². The van der Waals surface area contributed by atoms with Crippen molar-refractivity contribution in [3.05, 3.63) is 29.8 Å². The summed E-state index contributed by atoms with van der Waals surface area (Å²) >= 11 is 0. The maximum absolute atomic E-state index is 13.8. The third-order valence-electron chi connectivity index (χ3n) is 2.77. The molecule has 0 spiro atoms. The quantitative estimate of drug-likeness (QED) is 0.853. The van der Waals surface area contributed by atoms with E-state index in [4.69, 9.17) is 0 Å². The molecule has 0 saturated heterocycles. The normalized spacial score (nSPS) is 12.5. The Balaban J connectivity index is 3.09. The summed E-state index contributed by atoms with van der Waals surface area (Å²) in [5.74, 6) is 0.203. The van der Waals surface area contributed by atoms with Crippen molar-refractivity contribution in [2.45, 2.75) is 46.1 Å². The van der Waals surface area contributed by atoms with Gasteiger partial charge < -0.3 is 5.11 Å². The van der Waals surface area contributed by atoms with Crippen molar-refractivity contribution in [2.24, 2.45) is 11.8 Å². The molecule has 3 heteroatoms. The Labute approximate surface area is 103 Å². The van der Waals surface area contributed by atoms with E-state index >= 15 is 0 Å². The van der Waals surface area contributed by atoms with E-state index in [1.165, 1.54) is 12.4 Å². The van der Waals surface area contributed by atoms with Gasteiger partial charge >= 0.3 is 0 Å². The molecule has 1 aromatic rings. The van der Waals surface area contributed by atoms with Gasteiger partial charge in [-0.1, -0.05) is 27.7 Å². The fourth-order valence-corrected chi connectivity index (χ4v) is 2.41. The van der Waals surface area contributed by atoms with Gasteiger partial charge in [0.2, 0.25) is 0 Å². The third-order valence-corrected chi connectivity index (χ3v) is 2.77. The zero-order valence-corrected chi connectivity index (χ0v) is 11.1. The minimum atomic E-state index is -1.09. The smallest absolute Gasteiger partial charge is 0.147 e. The number of halogens is 1. The third kappa shape index (κ3) is 3.77. The summed E-state index contributed by atoms with van der Waals surface area (Å²) in [5.41, 5.74) is -0.718. The van der Waals surface area contributed by atoms with Gasteiger partial charge in [0.25, 0.3) is 0 Å². The summed E-state index contributed by atoms with van der Waals surface area (Å²) in [6, 6.07) is 1.58. The summed E-state index contributed by atoms with van der Waals surface area (Å²) in [6.07, 6.45) is 3.82. The topological polar surface area (TPSA) is 33.1 Å². The van der Waals surface area contributed by atoms with Crippen LogP contribution in [0.2, 0.25) is 0 Å². The lowest BCUT2D eigenvalue weighted by molar-refractivity contribution is -0.00765. The second kappa shape index (κ2) is 5.58. The molecule has 0 saturated carbocycles. The largest absolute Gasteiger partial charge is 0.385 e. The molecule has 1 heterocycles. The Hall–Kier alpha value is -0.960. The maximum Gasteiger partial charge on any atom is 0.147 e. The molecule has 1 rings (SSSR count). The van der Waals surface area contributed by atoms with Crippen LogP contribution in [0.15, 0.2) is 18.5 Å². The van der Waals surface area contributed by atoms with Gasteiger partial charge in [0.05, 0.1) is 11.8 Å². The second-order valence-corrected chi connectivity index (χ2v) is 5.58. The van der Waals surface area contributed by atoms with Crippen LogP contribution in [0.1, 0.15) is 46.1 Å². The summed E-state index contributed by atoms with van der Waals surface area (Å²) in [6.45, 7) is 8.13. The van der Waals surface area contributed by atoms with Crippen molar-refractivity contribution in [1.82, 2.24) is 4.98 Å². The number of aromatic nitrogens is 1. The molecule has 0 radical (unpaired) electrons. The van der Waals surface area contributed by atoms with Crippen molar-refractivity contribution in [3.63, 3.8) is 0 Å². The molecule has 1 N–H and O–H groups in total. The van der Waals surface area contributed by atoms with Crippen LogP contribution in [0.5, 0.6) is 0 Å². The number of rotatable bonds is 5. The standard InChI is InChI=1S/C14H22FNO/c1-10(2)7-14(17,8-11(3)4)12-5-6-16-9-13(12)15/h5-6,9-11,17H,7-8H2,1-4H3. The van der Waals surface area contributed by atoms with E-state index in [2.05, 4.69) is 4.98 Å². The lowest BCUT2D eigenvalue weighted by Gasteiger charge is -2.32. The summed E-state index contributed by atoms with van der Waals surface area (Å²) in [4.78, 5) is 3.73. The lowest BCUT2D eigenvalue weighted by Crippen LogP contribution is -2.30. The molecule has 0 amide bonds. The molecule has 96 valence electrons. The first-order chi connectivity index (χ1) is 7.85. The lowest BCUT2D eigenvalue weighted by atomic mass is 9.80. The van der Waals surface area contributed by atoms with Gasteiger partial charge in [-0.25, -0.2) is 4.39 Å². The Bertz CT molecular complexity index is 353. The maximum atomic E-state index is 13.8. The van der Waals surface area contributed by atoms with Crippen molar-refractivity contribution in [1.29, 1.82) is 0 Å². The molecular weight excluding hydrogens is 217 g/mol. The monoisotopic (exact) mass is 239 g/mol. The highest BCUT2D eigenvalue weighted by Gasteiger charge is 2.33. The number of hydrogen-bond donors (Lipinski definition) is 1. The highest BCUT2D eigenvalue weighted by Crippen LogP contribution is 2.35. The van der Waals surface area contributed by atoms with Gasteiger partial charge in [0.1, 0.15) is 5.82 Å². The molecule has 17 heavy (non-hydrogen) atoms. The number of aliphatic hydroxyl groups is 1. The molecule has 0 aliphatic rings. The zero-order chi connectivity index (χ0) is 13.1. The van der Waals surface area contributed by atoms with E-state index in [-0.39, 0.29) is 0 Å². The molecule has 1 aromatic heterocycles. The number of hydrogen-bond acceptors (Lipinski definition) is 2. The van der Waals surface area contributed by atoms with Gasteiger partial charge in [-0.3, -0.25) is 4.98 Å². The first kappa shape index (κ1) is 14.1. The predicted molar refractivity (Wildman–Crippen MR) is 67.0 cm³/mol. The Kier molecular flexibility index (Phi) is 4.63. The van der Waals surface area contributed by atoms with Crippen LogP contribution in [-0.2, 0) is 5.60 Å². The summed E-state index contributed by atoms with van der Waals surface area (Å²) < 4.78 is 13.8. The Morgan fingerprint density at radius 3 is 2.18 bits per heavy atom. The van der Waals surface area contributed by atoms with Gasteiger partial charge in [-0.05, 0) is 30.7 Å². The Morgan fingerprint density at radius 2 is 1.76 bits per heavy atom. The van der Waals surface area contributed by atoms with Crippen LogP contribution in [-0.4, -0.2) is 10.1 Å². The SMILES string of the molecule is CC(C)CC(O)(CC(C)C)c1ccncc1F. The van der Waals surface area contributed by atoms with Crippen LogP contribution in [0.25, 0.3) is 0 Å². The molecule has 0 aliphatic carbocycles. The van der Waals surface area contributed by atoms with Gasteiger partial charge in [-0.15, -0.1) is 0 Å². The summed E-state index contributed by atoms with van der Waals surface area (Å²) in [7, 11) is 0. The van der Waals surface area contributed by atoms with Crippen molar-refractivity contribution in [2.75, 3.05) is 0 Å². The van der Waals surface area contributed by atoms with Crippen LogP contribution < -0.4 is 0 Å². The molecule has 0 unspecified atom stereocenters. The Morgan fingerprint density at radius 1 is 1.24 bits per heavy atom. The van der Waals surface area contributed by atoms with Crippen LogP contribution in [0.4, 0.5) is 4.39 Å². The first-order valence-corrected chi connectivity index (χ1v) is 6.17. The highest BCUT2D eigenvalue weighted by atomic mass is 19.1. The average Bonchev–Trinajstić information content (AvgIpc) is 2.15. The highest BCUT2D eigenvalue weighted by molar-refractivity contribution is 5.21.